The number of halogens is 4. The van der Waals surface area contributed by atoms with Crippen molar-refractivity contribution in [2.75, 3.05) is 5.32 Å². The van der Waals surface area contributed by atoms with E-state index in [1.165, 1.54) is 30.5 Å². The third kappa shape index (κ3) is 4.03. The van der Waals surface area contributed by atoms with Crippen LogP contribution in [0, 0.1) is 11.6 Å². The number of hydrogen-bond donors (Lipinski definition) is 1. The van der Waals surface area contributed by atoms with Crippen LogP contribution >= 0.6 is 23.2 Å². The summed E-state index contributed by atoms with van der Waals surface area (Å²) in [6, 6.07) is 7.85. The minimum absolute atomic E-state index is 0.282. The molecule has 6 heteroatoms. The number of allylic oxidation sites excluding steroid dienone is 1. The highest BCUT2D eigenvalue weighted by Crippen LogP contribution is 2.23. The summed E-state index contributed by atoms with van der Waals surface area (Å²) >= 11 is 11.6. The van der Waals surface area contributed by atoms with Gasteiger partial charge in [-0.3, -0.25) is 4.79 Å². The first-order valence-electron chi connectivity index (χ1n) is 5.85. The second-order valence-corrected chi connectivity index (χ2v) is 4.91. The molecular weight excluding hydrogens is 319 g/mol. The first kappa shape index (κ1) is 15.5. The van der Waals surface area contributed by atoms with E-state index in [1.807, 2.05) is 0 Å². The summed E-state index contributed by atoms with van der Waals surface area (Å²) in [6.07, 6.45) is 2.58. The van der Waals surface area contributed by atoms with Crippen molar-refractivity contribution in [2.24, 2.45) is 0 Å². The molecular formula is C15H9Cl2F2NO. The van der Waals surface area contributed by atoms with Crippen LogP contribution in [0.5, 0.6) is 0 Å². The molecule has 2 aromatic carbocycles. The molecule has 1 N–H and O–H groups in total. The lowest BCUT2D eigenvalue weighted by Gasteiger charge is -2.02. The molecule has 2 rings (SSSR count). The molecule has 0 spiro atoms. The van der Waals surface area contributed by atoms with E-state index in [1.54, 1.807) is 6.07 Å². The van der Waals surface area contributed by atoms with Gasteiger partial charge in [0.25, 0.3) is 0 Å². The monoisotopic (exact) mass is 327 g/mol. The molecule has 0 aliphatic rings. The molecule has 0 unspecified atom stereocenters. The zero-order chi connectivity index (χ0) is 15.4. The van der Waals surface area contributed by atoms with Gasteiger partial charge in [0, 0.05) is 29.6 Å². The van der Waals surface area contributed by atoms with Crippen LogP contribution in [0.2, 0.25) is 10.0 Å². The van der Waals surface area contributed by atoms with Crippen LogP contribution in [-0.4, -0.2) is 5.78 Å². The molecule has 0 bridgehead atoms. The molecule has 0 radical (unpaired) electrons. The van der Waals surface area contributed by atoms with Gasteiger partial charge in [-0.2, -0.15) is 0 Å². The molecule has 2 nitrogen and oxygen atoms in total. The van der Waals surface area contributed by atoms with Gasteiger partial charge in [0.1, 0.15) is 0 Å². The highest BCUT2D eigenvalue weighted by molar-refractivity contribution is 6.42. The highest BCUT2D eigenvalue weighted by atomic mass is 35.5. The van der Waals surface area contributed by atoms with E-state index >= 15 is 0 Å². The molecule has 0 aliphatic carbocycles. The lowest BCUT2D eigenvalue weighted by molar-refractivity contribution is 0.104. The number of carbonyl (C=O) groups excluding carboxylic acids is 1. The van der Waals surface area contributed by atoms with Gasteiger partial charge in [0.2, 0.25) is 0 Å². The van der Waals surface area contributed by atoms with Crippen LogP contribution in [0.1, 0.15) is 10.4 Å². The van der Waals surface area contributed by atoms with Gasteiger partial charge in [-0.15, -0.1) is 0 Å². The number of carbonyl (C=O) groups is 1. The van der Waals surface area contributed by atoms with Crippen LogP contribution in [0.4, 0.5) is 14.5 Å². The van der Waals surface area contributed by atoms with E-state index in [-0.39, 0.29) is 10.8 Å². The molecule has 0 heterocycles. The van der Waals surface area contributed by atoms with Gasteiger partial charge in [-0.05, 0) is 30.3 Å². The Morgan fingerprint density at radius 3 is 2.43 bits per heavy atom. The number of ketones is 1. The molecule has 21 heavy (non-hydrogen) atoms. The Bertz CT molecular complexity index is 717. The predicted molar refractivity (Wildman–Crippen MR) is 79.9 cm³/mol. The molecule has 108 valence electrons. The smallest absolute Gasteiger partial charge is 0.187 e. The van der Waals surface area contributed by atoms with Crippen molar-refractivity contribution < 1.29 is 13.6 Å². The fourth-order valence-corrected chi connectivity index (χ4v) is 1.84. The number of benzene rings is 2. The van der Waals surface area contributed by atoms with Crippen LogP contribution in [0.15, 0.2) is 48.7 Å². The number of hydrogen-bond acceptors (Lipinski definition) is 2. The quantitative estimate of drug-likeness (QED) is 0.626. The highest BCUT2D eigenvalue weighted by Gasteiger charge is 2.05. The summed E-state index contributed by atoms with van der Waals surface area (Å²) in [6.45, 7) is 0. The summed E-state index contributed by atoms with van der Waals surface area (Å²) in [7, 11) is 0. The Morgan fingerprint density at radius 2 is 1.76 bits per heavy atom. The Balaban J connectivity index is 2.04. The van der Waals surface area contributed by atoms with Crippen molar-refractivity contribution in [1.82, 2.24) is 0 Å². The van der Waals surface area contributed by atoms with Gasteiger partial charge in [0.15, 0.2) is 17.4 Å². The van der Waals surface area contributed by atoms with Gasteiger partial charge < -0.3 is 5.32 Å². The van der Waals surface area contributed by atoms with E-state index in [0.717, 1.165) is 12.1 Å². The van der Waals surface area contributed by atoms with Gasteiger partial charge in [-0.25, -0.2) is 8.78 Å². The molecule has 0 aliphatic heterocycles. The molecule has 0 saturated carbocycles. The van der Waals surface area contributed by atoms with Crippen LogP contribution in [0.25, 0.3) is 0 Å². The largest absolute Gasteiger partial charge is 0.361 e. The van der Waals surface area contributed by atoms with Crippen molar-refractivity contribution in [2.45, 2.75) is 0 Å². The molecule has 0 fully saturated rings. The second kappa shape index (κ2) is 6.70. The lowest BCUT2D eigenvalue weighted by Crippen LogP contribution is -1.97. The standard InChI is InChI=1S/C15H9Cl2F2NO/c16-11-3-1-9(7-12(11)17)15(21)5-6-20-10-2-4-13(18)14(19)8-10/h1-8,20H. The molecule has 2 aromatic rings. The minimum atomic E-state index is -0.968. The summed E-state index contributed by atoms with van der Waals surface area (Å²) in [4.78, 5) is 11.9. The molecule has 0 aromatic heterocycles. The maximum atomic E-state index is 13.0. The van der Waals surface area contributed by atoms with Crippen molar-refractivity contribution in [3.05, 3.63) is 75.9 Å². The Hall–Kier alpha value is -1.91. The van der Waals surface area contributed by atoms with Gasteiger partial charge in [-0.1, -0.05) is 23.2 Å². The summed E-state index contributed by atoms with van der Waals surface area (Å²) in [5.74, 6) is -2.20. The fraction of sp³-hybridized carbons (Fsp3) is 0. The Kier molecular flexibility index (Phi) is 4.94. The topological polar surface area (TPSA) is 29.1 Å². The second-order valence-electron chi connectivity index (χ2n) is 4.10. The zero-order valence-corrected chi connectivity index (χ0v) is 12.1. The maximum absolute atomic E-state index is 13.0. The summed E-state index contributed by atoms with van der Waals surface area (Å²) in [5.41, 5.74) is 0.694. The average molecular weight is 328 g/mol. The van der Waals surface area contributed by atoms with Gasteiger partial charge >= 0.3 is 0 Å². The van der Waals surface area contributed by atoms with E-state index in [9.17, 15) is 13.6 Å². The Morgan fingerprint density at radius 1 is 1.00 bits per heavy atom. The van der Waals surface area contributed by atoms with Crippen molar-refractivity contribution in [3.63, 3.8) is 0 Å². The van der Waals surface area contributed by atoms with Crippen LogP contribution in [-0.2, 0) is 0 Å². The number of nitrogens with one attached hydrogen (secondary N) is 1. The minimum Gasteiger partial charge on any atom is -0.361 e. The van der Waals surface area contributed by atoms with Gasteiger partial charge in [0.05, 0.1) is 10.0 Å². The van der Waals surface area contributed by atoms with E-state index < -0.39 is 11.6 Å². The van der Waals surface area contributed by atoms with E-state index in [2.05, 4.69) is 5.32 Å². The SMILES string of the molecule is O=C(C=CNc1ccc(F)c(F)c1)c1ccc(Cl)c(Cl)c1. The predicted octanol–water partition coefficient (Wildman–Crippen LogP) is 5.08. The van der Waals surface area contributed by atoms with Crippen molar-refractivity contribution in [3.8, 4) is 0 Å². The third-order valence-corrected chi connectivity index (χ3v) is 3.35. The average Bonchev–Trinajstić information content (AvgIpc) is 2.45. The number of rotatable bonds is 4. The summed E-state index contributed by atoms with van der Waals surface area (Å²) < 4.78 is 25.7. The van der Waals surface area contributed by atoms with Crippen LogP contribution in [0.3, 0.4) is 0 Å². The van der Waals surface area contributed by atoms with E-state index in [4.69, 9.17) is 23.2 Å². The molecule has 0 amide bonds. The first-order chi connectivity index (χ1) is 9.97. The molecule has 0 saturated heterocycles. The maximum Gasteiger partial charge on any atom is 0.187 e. The molecule has 0 atom stereocenters. The van der Waals surface area contributed by atoms with E-state index in [0.29, 0.717) is 16.3 Å². The zero-order valence-electron chi connectivity index (χ0n) is 10.5. The fourth-order valence-electron chi connectivity index (χ4n) is 1.55. The van der Waals surface area contributed by atoms with Crippen molar-refractivity contribution >= 4 is 34.7 Å². The first-order valence-corrected chi connectivity index (χ1v) is 6.60. The van der Waals surface area contributed by atoms with Crippen LogP contribution < -0.4 is 5.32 Å². The Labute approximate surface area is 130 Å². The lowest BCUT2D eigenvalue weighted by atomic mass is 10.1. The van der Waals surface area contributed by atoms with Crippen molar-refractivity contribution in [1.29, 1.82) is 0 Å². The summed E-state index contributed by atoms with van der Waals surface area (Å²) in [5, 5.41) is 3.31. The number of anilines is 1. The normalized spacial score (nSPS) is 10.9. The third-order valence-electron chi connectivity index (χ3n) is 2.61.